The third kappa shape index (κ3) is 8.67. The van der Waals surface area contributed by atoms with Crippen molar-refractivity contribution in [3.8, 4) is 0 Å². The quantitative estimate of drug-likeness (QED) is 0.565. The number of rotatable bonds is 1. The molecule has 0 aliphatic carbocycles. The second-order valence-corrected chi connectivity index (χ2v) is 3.35. The molecule has 1 atom stereocenters. The van der Waals surface area contributed by atoms with Crippen LogP contribution >= 0.6 is 0 Å². The molecule has 0 aromatic carbocycles. The summed E-state index contributed by atoms with van der Waals surface area (Å²) >= 11 is 0. The molecule has 0 N–H and O–H groups in total. The number of hydrogen-bond donors (Lipinski definition) is 0. The van der Waals surface area contributed by atoms with Gasteiger partial charge in [-0.25, -0.2) is 6.42 Å². The SMILES string of the molecule is [CH2-]CC([CH2-])C(C)(C)C.[Ra].[Y]. The van der Waals surface area contributed by atoms with E-state index >= 15 is 0 Å². The van der Waals surface area contributed by atoms with Gasteiger partial charge in [0.15, 0.2) is 0 Å². The first-order valence-corrected chi connectivity index (χ1v) is 3.11. The molecule has 0 amide bonds. The molecule has 0 nitrogen and oxygen atoms in total. The maximum Gasteiger partial charge on any atom is 0 e. The zero-order chi connectivity index (χ0) is 6.78. The van der Waals surface area contributed by atoms with Crippen molar-refractivity contribution in [1.29, 1.82) is 0 Å². The van der Waals surface area contributed by atoms with Crippen molar-refractivity contribution in [3.63, 3.8) is 0 Å². The Balaban J connectivity index is -0.000000245. The largest absolute Gasteiger partial charge is 0.345 e. The van der Waals surface area contributed by atoms with Crippen LogP contribution in [-0.4, -0.2) is 0 Å². The summed E-state index contributed by atoms with van der Waals surface area (Å²) in [5.74, 6) is 0.488. The summed E-state index contributed by atoms with van der Waals surface area (Å²) in [4.78, 5) is 0. The minimum Gasteiger partial charge on any atom is -0.345 e. The second kappa shape index (κ2) is 8.18. The Morgan fingerprint density at radius 1 is 1.30 bits per heavy atom. The zero-order valence-electron chi connectivity index (χ0n) is 7.48. The first-order chi connectivity index (χ1) is 3.48. The molecule has 0 saturated carbocycles. The summed E-state index contributed by atoms with van der Waals surface area (Å²) in [6.45, 7) is 14.3. The Morgan fingerprint density at radius 2 is 1.60 bits per heavy atom. The Morgan fingerprint density at radius 3 is 1.60 bits per heavy atom. The molecule has 0 aromatic heterocycles. The van der Waals surface area contributed by atoms with Crippen molar-refractivity contribution >= 4 is 0 Å². The number of hydrogen-bond acceptors (Lipinski definition) is 0. The van der Waals surface area contributed by atoms with Crippen LogP contribution in [0.5, 0.6) is 0 Å². The molecule has 0 aromatic rings. The summed E-state index contributed by atoms with van der Waals surface area (Å²) in [6, 6.07) is 0. The average molecular weight is 427 g/mol. The fraction of sp³-hybridized carbons (Fsp3) is 0.750. The Kier molecular flexibility index (Phi) is 15.0. The molecular formula is C8H16RaY-2. The van der Waals surface area contributed by atoms with E-state index in [0.29, 0.717) is 11.3 Å². The van der Waals surface area contributed by atoms with Gasteiger partial charge in [-0.05, 0) is 0 Å². The van der Waals surface area contributed by atoms with E-state index in [9.17, 15) is 0 Å². The molecule has 0 bridgehead atoms. The summed E-state index contributed by atoms with van der Waals surface area (Å²) < 4.78 is 0. The van der Waals surface area contributed by atoms with Gasteiger partial charge in [0.1, 0.15) is 0 Å². The van der Waals surface area contributed by atoms with Gasteiger partial charge in [0, 0.05) is 77.7 Å². The van der Waals surface area contributed by atoms with Gasteiger partial charge in [-0.2, -0.15) is 5.92 Å². The molecular weight excluding hydrogens is 411 g/mol. The van der Waals surface area contributed by atoms with Gasteiger partial charge in [-0.3, -0.25) is 0 Å². The van der Waals surface area contributed by atoms with E-state index < -0.39 is 0 Å². The van der Waals surface area contributed by atoms with E-state index in [2.05, 4.69) is 34.6 Å². The smallest absolute Gasteiger partial charge is 0 e. The predicted molar refractivity (Wildman–Crippen MR) is 38.3 cm³/mol. The van der Waals surface area contributed by atoms with E-state index in [1.54, 1.807) is 0 Å². The van der Waals surface area contributed by atoms with Crippen LogP contribution in [0.25, 0.3) is 0 Å². The molecule has 3 radical (unpaired) electrons. The summed E-state index contributed by atoms with van der Waals surface area (Å²) in [5, 5.41) is 0. The van der Waals surface area contributed by atoms with Crippen LogP contribution in [-0.2, 0) is 32.7 Å². The molecule has 0 rings (SSSR count). The molecule has 0 fully saturated rings. The Bertz CT molecular complexity index is 66.1. The minimum atomic E-state index is 0. The van der Waals surface area contributed by atoms with Crippen LogP contribution < -0.4 is 0 Å². The van der Waals surface area contributed by atoms with Crippen molar-refractivity contribution in [1.82, 2.24) is 0 Å². The van der Waals surface area contributed by atoms with E-state index in [1.807, 2.05) is 0 Å². The monoisotopic (exact) mass is 427 g/mol. The van der Waals surface area contributed by atoms with E-state index in [0.717, 1.165) is 6.42 Å². The van der Waals surface area contributed by atoms with Crippen molar-refractivity contribution in [2.45, 2.75) is 27.2 Å². The third-order valence-electron chi connectivity index (χ3n) is 1.57. The van der Waals surface area contributed by atoms with Gasteiger partial charge in [0.25, 0.3) is 0 Å². The van der Waals surface area contributed by atoms with Crippen molar-refractivity contribution < 1.29 is 77.7 Å². The predicted octanol–water partition coefficient (Wildman–Crippen LogP) is 2.70. The van der Waals surface area contributed by atoms with Gasteiger partial charge < -0.3 is 13.8 Å². The first kappa shape index (κ1) is 18.4. The fourth-order valence-corrected chi connectivity index (χ4v) is 0.433. The minimum absolute atomic E-state index is 0. The normalized spacial score (nSPS) is 12.9. The van der Waals surface area contributed by atoms with Gasteiger partial charge in [0.2, 0.25) is 0 Å². The average Bonchev–Trinajstić information content (AvgIpc) is 1.62. The van der Waals surface area contributed by atoms with Crippen LogP contribution in [0, 0.1) is 70.2 Å². The van der Waals surface area contributed by atoms with Crippen LogP contribution in [0.15, 0.2) is 0 Å². The standard InChI is InChI=1S/C8H16.Ra.Y/c1-6-7(2)8(3,4)5;;/h7H,1-2,6H2,3-5H3;;/q-2;;. The molecule has 0 aliphatic heterocycles. The van der Waals surface area contributed by atoms with Crippen LogP contribution in [0.2, 0.25) is 0 Å². The molecule has 55 valence electrons. The maximum absolute atomic E-state index is 3.97. The van der Waals surface area contributed by atoms with Crippen LogP contribution in [0.4, 0.5) is 0 Å². The van der Waals surface area contributed by atoms with Gasteiger partial charge >= 0.3 is 0 Å². The molecule has 0 saturated heterocycles. The molecule has 1 unspecified atom stereocenters. The van der Waals surface area contributed by atoms with E-state index in [-0.39, 0.29) is 77.7 Å². The van der Waals surface area contributed by atoms with Gasteiger partial charge in [-0.1, -0.05) is 26.2 Å². The molecule has 0 spiro atoms. The first-order valence-electron chi connectivity index (χ1n) is 3.11. The van der Waals surface area contributed by atoms with E-state index in [1.165, 1.54) is 0 Å². The maximum atomic E-state index is 3.97. The van der Waals surface area contributed by atoms with E-state index in [4.69, 9.17) is 0 Å². The van der Waals surface area contributed by atoms with Crippen LogP contribution in [0.1, 0.15) is 27.2 Å². The molecule has 0 aliphatic rings. The van der Waals surface area contributed by atoms with Crippen molar-refractivity contribution in [3.05, 3.63) is 13.8 Å². The van der Waals surface area contributed by atoms with Gasteiger partial charge in [-0.15, -0.1) is 0 Å². The Labute approximate surface area is 128 Å². The van der Waals surface area contributed by atoms with Crippen molar-refractivity contribution in [2.75, 3.05) is 0 Å². The second-order valence-electron chi connectivity index (χ2n) is 3.35. The Hall–Kier alpha value is 2.57. The molecule has 2 heteroatoms. The molecule has 0 heterocycles. The van der Waals surface area contributed by atoms with Crippen LogP contribution in [0.3, 0.4) is 0 Å². The summed E-state index contributed by atoms with van der Waals surface area (Å²) in [5.41, 5.74) is 0.335. The topological polar surface area (TPSA) is 0 Å². The third-order valence-corrected chi connectivity index (χ3v) is 1.57. The summed E-state index contributed by atoms with van der Waals surface area (Å²) in [6.07, 6.45) is 0.934. The summed E-state index contributed by atoms with van der Waals surface area (Å²) in [7, 11) is 0. The van der Waals surface area contributed by atoms with Crippen molar-refractivity contribution in [2.24, 2.45) is 11.3 Å². The molecule has 10 heavy (non-hydrogen) atoms. The van der Waals surface area contributed by atoms with Gasteiger partial charge in [0.05, 0.1) is 0 Å². The zero-order valence-corrected chi connectivity index (χ0v) is 16.1. The fourth-order valence-electron chi connectivity index (χ4n) is 0.433.